The second-order valence-electron chi connectivity index (χ2n) is 4.39. The molecule has 6 heteroatoms. The van der Waals surface area contributed by atoms with Gasteiger partial charge in [0, 0.05) is 25.2 Å². The van der Waals surface area contributed by atoms with Crippen LogP contribution in [0.3, 0.4) is 0 Å². The first kappa shape index (κ1) is 14.8. The number of carbonyl (C=O) groups excluding carboxylic acids is 1. The van der Waals surface area contributed by atoms with Crippen molar-refractivity contribution in [1.29, 1.82) is 0 Å². The van der Waals surface area contributed by atoms with E-state index in [0.717, 1.165) is 17.9 Å². The number of hydrogen-bond donors (Lipinski definition) is 3. The smallest absolute Gasteiger partial charge is 0.239 e. The summed E-state index contributed by atoms with van der Waals surface area (Å²) in [5.41, 5.74) is 0.931. The quantitative estimate of drug-likeness (QED) is 0.753. The zero-order chi connectivity index (χ0) is 15.1. The van der Waals surface area contributed by atoms with Gasteiger partial charge in [0.25, 0.3) is 0 Å². The van der Waals surface area contributed by atoms with E-state index in [4.69, 9.17) is 0 Å². The highest BCUT2D eigenvalue weighted by Gasteiger charge is 2.07. The highest BCUT2D eigenvalue weighted by Crippen LogP contribution is 2.19. The lowest BCUT2D eigenvalue weighted by atomic mass is 10.2. The number of rotatable bonds is 6. The molecule has 0 saturated carbocycles. The lowest BCUT2D eigenvalue weighted by Crippen LogP contribution is -2.26. The molecule has 0 saturated heterocycles. The molecule has 6 nitrogen and oxygen atoms in total. The van der Waals surface area contributed by atoms with Crippen LogP contribution in [-0.2, 0) is 4.79 Å². The first-order valence-corrected chi connectivity index (χ1v) is 6.85. The summed E-state index contributed by atoms with van der Waals surface area (Å²) in [6.07, 6.45) is 0. The van der Waals surface area contributed by atoms with Crippen molar-refractivity contribution in [3.8, 4) is 11.4 Å². The second-order valence-corrected chi connectivity index (χ2v) is 4.39. The van der Waals surface area contributed by atoms with Crippen LogP contribution in [0.5, 0.6) is 0 Å². The largest absolute Gasteiger partial charge is 0.370 e. The second kappa shape index (κ2) is 7.23. The third-order valence-corrected chi connectivity index (χ3v) is 2.82. The van der Waals surface area contributed by atoms with Crippen molar-refractivity contribution in [3.63, 3.8) is 0 Å². The van der Waals surface area contributed by atoms with Gasteiger partial charge in [-0.15, -0.1) is 0 Å². The van der Waals surface area contributed by atoms with E-state index in [-0.39, 0.29) is 12.5 Å². The van der Waals surface area contributed by atoms with Gasteiger partial charge in [-0.3, -0.25) is 4.79 Å². The monoisotopic (exact) mass is 285 g/mol. The molecule has 1 aromatic heterocycles. The van der Waals surface area contributed by atoms with Gasteiger partial charge < -0.3 is 16.0 Å². The highest BCUT2D eigenvalue weighted by molar-refractivity contribution is 5.80. The first-order chi connectivity index (χ1) is 10.2. The van der Waals surface area contributed by atoms with E-state index in [1.807, 2.05) is 37.3 Å². The lowest BCUT2D eigenvalue weighted by molar-refractivity contribution is -0.118. The molecule has 110 valence electrons. The SMILES string of the molecule is CCNc1cc(NCC(=O)NC)nc(-c2ccccc2)n1. The molecule has 0 unspecified atom stereocenters. The molecule has 0 bridgehead atoms. The molecule has 0 atom stereocenters. The summed E-state index contributed by atoms with van der Waals surface area (Å²) in [6.45, 7) is 2.94. The molecule has 3 N–H and O–H groups in total. The van der Waals surface area contributed by atoms with Crippen LogP contribution in [0.15, 0.2) is 36.4 Å². The van der Waals surface area contributed by atoms with Gasteiger partial charge in [-0.05, 0) is 6.92 Å². The maximum atomic E-state index is 11.3. The van der Waals surface area contributed by atoms with Crippen LogP contribution in [0.2, 0.25) is 0 Å². The molecule has 0 aliphatic heterocycles. The van der Waals surface area contributed by atoms with Gasteiger partial charge in [0.1, 0.15) is 11.6 Å². The summed E-state index contributed by atoms with van der Waals surface area (Å²) in [4.78, 5) is 20.2. The molecular weight excluding hydrogens is 266 g/mol. The van der Waals surface area contributed by atoms with Gasteiger partial charge in [-0.25, -0.2) is 9.97 Å². The molecular formula is C15H19N5O. The zero-order valence-electron chi connectivity index (χ0n) is 12.2. The van der Waals surface area contributed by atoms with Gasteiger partial charge in [-0.1, -0.05) is 30.3 Å². The van der Waals surface area contributed by atoms with Gasteiger partial charge in [0.2, 0.25) is 5.91 Å². The Morgan fingerprint density at radius 1 is 1.10 bits per heavy atom. The zero-order valence-corrected chi connectivity index (χ0v) is 12.2. The lowest BCUT2D eigenvalue weighted by Gasteiger charge is -2.10. The number of anilines is 2. The minimum atomic E-state index is -0.0973. The Morgan fingerprint density at radius 2 is 1.76 bits per heavy atom. The summed E-state index contributed by atoms with van der Waals surface area (Å²) in [5.74, 6) is 1.86. The van der Waals surface area contributed by atoms with E-state index >= 15 is 0 Å². The minimum Gasteiger partial charge on any atom is -0.370 e. The number of benzene rings is 1. The van der Waals surface area contributed by atoms with Crippen molar-refractivity contribution in [2.45, 2.75) is 6.92 Å². The van der Waals surface area contributed by atoms with Gasteiger partial charge in [-0.2, -0.15) is 0 Å². The molecule has 1 amide bonds. The minimum absolute atomic E-state index is 0.0973. The Morgan fingerprint density at radius 3 is 2.38 bits per heavy atom. The third-order valence-electron chi connectivity index (χ3n) is 2.82. The van der Waals surface area contributed by atoms with Crippen LogP contribution in [0.4, 0.5) is 11.6 Å². The molecule has 2 rings (SSSR count). The summed E-state index contributed by atoms with van der Waals surface area (Å²) in [6, 6.07) is 11.5. The Balaban J connectivity index is 2.28. The highest BCUT2D eigenvalue weighted by atomic mass is 16.1. The molecule has 0 radical (unpaired) electrons. The summed E-state index contributed by atoms with van der Waals surface area (Å²) >= 11 is 0. The van der Waals surface area contributed by atoms with Crippen molar-refractivity contribution in [3.05, 3.63) is 36.4 Å². The van der Waals surface area contributed by atoms with E-state index in [1.54, 1.807) is 13.1 Å². The number of nitrogens with zero attached hydrogens (tertiary/aromatic N) is 2. The average Bonchev–Trinajstić information content (AvgIpc) is 2.53. The molecule has 2 aromatic rings. The molecule has 0 aliphatic rings. The topological polar surface area (TPSA) is 78.9 Å². The van der Waals surface area contributed by atoms with E-state index < -0.39 is 0 Å². The Hall–Kier alpha value is -2.63. The predicted molar refractivity (Wildman–Crippen MR) is 84.2 cm³/mol. The van der Waals surface area contributed by atoms with Crippen molar-refractivity contribution in [2.24, 2.45) is 0 Å². The van der Waals surface area contributed by atoms with E-state index in [0.29, 0.717) is 11.6 Å². The maximum Gasteiger partial charge on any atom is 0.239 e. The van der Waals surface area contributed by atoms with Gasteiger partial charge >= 0.3 is 0 Å². The predicted octanol–water partition coefficient (Wildman–Crippen LogP) is 1.73. The van der Waals surface area contributed by atoms with Gasteiger partial charge in [0.15, 0.2) is 5.82 Å². The van der Waals surface area contributed by atoms with E-state index in [1.165, 1.54) is 0 Å². The van der Waals surface area contributed by atoms with Crippen LogP contribution in [0.1, 0.15) is 6.92 Å². The fraction of sp³-hybridized carbons (Fsp3) is 0.267. The van der Waals surface area contributed by atoms with Crippen molar-refractivity contribution >= 4 is 17.5 Å². The van der Waals surface area contributed by atoms with Crippen molar-refractivity contribution < 1.29 is 4.79 Å². The molecule has 0 spiro atoms. The summed E-state index contributed by atoms with van der Waals surface area (Å²) < 4.78 is 0. The van der Waals surface area contributed by atoms with Gasteiger partial charge in [0.05, 0.1) is 6.54 Å². The Bertz CT molecular complexity index is 600. The molecule has 21 heavy (non-hydrogen) atoms. The fourth-order valence-corrected chi connectivity index (χ4v) is 1.79. The van der Waals surface area contributed by atoms with E-state index in [2.05, 4.69) is 25.9 Å². The number of carbonyl (C=O) groups is 1. The number of hydrogen-bond acceptors (Lipinski definition) is 5. The Labute approximate surface area is 124 Å². The van der Waals surface area contributed by atoms with Crippen LogP contribution in [-0.4, -0.2) is 36.0 Å². The van der Waals surface area contributed by atoms with Crippen LogP contribution in [0.25, 0.3) is 11.4 Å². The molecule has 1 heterocycles. The molecule has 1 aromatic carbocycles. The number of aromatic nitrogens is 2. The van der Waals surface area contributed by atoms with Crippen LogP contribution < -0.4 is 16.0 Å². The maximum absolute atomic E-state index is 11.3. The van der Waals surface area contributed by atoms with Crippen molar-refractivity contribution in [1.82, 2.24) is 15.3 Å². The molecule has 0 aliphatic carbocycles. The normalized spacial score (nSPS) is 10.0. The van der Waals surface area contributed by atoms with E-state index in [9.17, 15) is 4.79 Å². The average molecular weight is 285 g/mol. The first-order valence-electron chi connectivity index (χ1n) is 6.85. The standard InChI is InChI=1S/C15H19N5O/c1-3-17-12-9-13(18-10-14(21)16-2)20-15(19-12)11-7-5-4-6-8-11/h4-9H,3,10H2,1-2H3,(H,16,21)(H2,17,18,19,20). The third kappa shape index (κ3) is 4.17. The summed E-state index contributed by atoms with van der Waals surface area (Å²) in [5, 5.41) is 8.73. The summed E-state index contributed by atoms with van der Waals surface area (Å²) in [7, 11) is 1.60. The van der Waals surface area contributed by atoms with Crippen molar-refractivity contribution in [2.75, 3.05) is 30.8 Å². The van der Waals surface area contributed by atoms with Crippen LogP contribution in [0, 0.1) is 0 Å². The fourth-order valence-electron chi connectivity index (χ4n) is 1.79. The Kier molecular flexibility index (Phi) is 5.09. The molecule has 0 fully saturated rings. The number of amides is 1. The van der Waals surface area contributed by atoms with Crippen LogP contribution >= 0.6 is 0 Å². The number of likely N-dealkylation sites (N-methyl/N-ethyl adjacent to an activating group) is 1. The number of nitrogens with one attached hydrogen (secondary N) is 3.